The van der Waals surface area contributed by atoms with Crippen LogP contribution in [0, 0.1) is 12.8 Å². The molecule has 0 unspecified atom stereocenters. The Morgan fingerprint density at radius 3 is 2.84 bits per heavy atom. The first-order chi connectivity index (χ1) is 14.8. The molecule has 160 valence electrons. The second-order valence-electron chi connectivity index (χ2n) is 8.47. The molecule has 31 heavy (non-hydrogen) atoms. The maximum Gasteiger partial charge on any atom is 0.340 e. The van der Waals surface area contributed by atoms with Gasteiger partial charge in [-0.3, -0.25) is 9.59 Å². The van der Waals surface area contributed by atoms with Gasteiger partial charge in [0.25, 0.3) is 5.56 Å². The van der Waals surface area contributed by atoms with E-state index in [4.69, 9.17) is 16.0 Å². The molecule has 1 fully saturated rings. The summed E-state index contributed by atoms with van der Waals surface area (Å²) in [6.07, 6.45) is 0.885. The number of hydrogen-bond donors (Lipinski definition) is 1. The van der Waals surface area contributed by atoms with E-state index in [0.29, 0.717) is 36.1 Å². The third-order valence-electron chi connectivity index (χ3n) is 6.52. The van der Waals surface area contributed by atoms with Crippen LogP contribution in [0.4, 0.5) is 0 Å². The standard InChI is InChI=1S/C23H21ClN2O5/c1-12-15-6-17(24)19(27)8-20(15)31-23(30)16(12)7-22(29)25-9-13-5-14(11-25)18-3-2-4-21(28)26(18)10-13/h2-4,6,8,13-14,27H,5,7,9-11H2,1H3/t13-,14-/m1/s1. The molecule has 2 aliphatic rings. The number of nitrogens with zero attached hydrogens (tertiary/aromatic N) is 2. The van der Waals surface area contributed by atoms with Crippen molar-refractivity contribution in [3.05, 3.63) is 72.9 Å². The Kier molecular flexibility index (Phi) is 4.66. The molecule has 8 heteroatoms. The van der Waals surface area contributed by atoms with Crippen molar-refractivity contribution in [2.24, 2.45) is 5.92 Å². The molecule has 2 bridgehead atoms. The van der Waals surface area contributed by atoms with Gasteiger partial charge >= 0.3 is 5.63 Å². The zero-order chi connectivity index (χ0) is 21.9. The summed E-state index contributed by atoms with van der Waals surface area (Å²) in [5.74, 6) is 0.0216. The molecule has 2 aliphatic heterocycles. The Bertz CT molecular complexity index is 1340. The van der Waals surface area contributed by atoms with E-state index in [2.05, 4.69) is 0 Å². The molecule has 4 heterocycles. The summed E-state index contributed by atoms with van der Waals surface area (Å²) >= 11 is 6.02. The number of pyridine rings is 1. The van der Waals surface area contributed by atoms with Crippen molar-refractivity contribution in [1.29, 1.82) is 0 Å². The predicted molar refractivity (Wildman–Crippen MR) is 116 cm³/mol. The summed E-state index contributed by atoms with van der Waals surface area (Å²) in [6, 6.07) is 8.14. The number of hydrogen-bond acceptors (Lipinski definition) is 5. The lowest BCUT2D eigenvalue weighted by atomic mass is 9.83. The Morgan fingerprint density at radius 1 is 1.23 bits per heavy atom. The number of aromatic nitrogens is 1. The lowest BCUT2D eigenvalue weighted by Crippen LogP contribution is -2.49. The Morgan fingerprint density at radius 2 is 2.03 bits per heavy atom. The van der Waals surface area contributed by atoms with Gasteiger partial charge in [-0.05, 0) is 37.0 Å². The summed E-state index contributed by atoms with van der Waals surface area (Å²) < 4.78 is 7.17. The minimum atomic E-state index is -0.589. The van der Waals surface area contributed by atoms with Crippen molar-refractivity contribution in [2.75, 3.05) is 13.1 Å². The molecular weight excluding hydrogens is 420 g/mol. The number of amides is 1. The summed E-state index contributed by atoms with van der Waals surface area (Å²) in [7, 11) is 0. The number of likely N-dealkylation sites (tertiary alicyclic amines) is 1. The number of halogens is 1. The highest BCUT2D eigenvalue weighted by Gasteiger charge is 2.36. The van der Waals surface area contributed by atoms with Crippen LogP contribution < -0.4 is 11.2 Å². The van der Waals surface area contributed by atoms with Gasteiger partial charge in [0.2, 0.25) is 5.91 Å². The minimum absolute atomic E-state index is 0.000991. The first-order valence-electron chi connectivity index (χ1n) is 10.2. The van der Waals surface area contributed by atoms with Crippen LogP contribution >= 0.6 is 11.6 Å². The number of benzene rings is 1. The number of phenols is 1. The summed E-state index contributed by atoms with van der Waals surface area (Å²) in [5.41, 5.74) is 1.53. The monoisotopic (exact) mass is 440 g/mol. The lowest BCUT2D eigenvalue weighted by molar-refractivity contribution is -0.133. The van der Waals surface area contributed by atoms with Crippen LogP contribution in [0.15, 0.2) is 44.3 Å². The number of carbonyl (C=O) groups excluding carboxylic acids is 1. The zero-order valence-corrected chi connectivity index (χ0v) is 17.7. The molecule has 1 amide bonds. The molecule has 2 aromatic heterocycles. The summed E-state index contributed by atoms with van der Waals surface area (Å²) in [6.45, 7) is 3.45. The second-order valence-corrected chi connectivity index (χ2v) is 8.87. The lowest BCUT2D eigenvalue weighted by Gasteiger charge is -2.42. The van der Waals surface area contributed by atoms with Gasteiger partial charge in [0, 0.05) is 48.8 Å². The van der Waals surface area contributed by atoms with Crippen molar-refractivity contribution in [1.82, 2.24) is 9.47 Å². The fraction of sp³-hybridized carbons (Fsp3) is 0.348. The average molecular weight is 441 g/mol. The second kappa shape index (κ2) is 7.27. The molecule has 7 nitrogen and oxygen atoms in total. The van der Waals surface area contributed by atoms with Crippen LogP contribution in [0.25, 0.3) is 11.0 Å². The predicted octanol–water partition coefficient (Wildman–Crippen LogP) is 2.81. The van der Waals surface area contributed by atoms with E-state index in [9.17, 15) is 19.5 Å². The number of piperidine rings is 1. The highest BCUT2D eigenvalue weighted by atomic mass is 35.5. The molecule has 0 saturated carbocycles. The minimum Gasteiger partial charge on any atom is -0.506 e. The largest absolute Gasteiger partial charge is 0.506 e. The zero-order valence-electron chi connectivity index (χ0n) is 16.9. The number of fused-ring (bicyclic) bond motifs is 5. The van der Waals surface area contributed by atoms with Gasteiger partial charge in [0.05, 0.1) is 17.0 Å². The molecule has 1 saturated heterocycles. The van der Waals surface area contributed by atoms with Crippen molar-refractivity contribution >= 4 is 28.5 Å². The van der Waals surface area contributed by atoms with Gasteiger partial charge in [-0.2, -0.15) is 0 Å². The number of aromatic hydroxyl groups is 1. The molecule has 0 spiro atoms. The Labute approximate surface area is 182 Å². The topological polar surface area (TPSA) is 92.8 Å². The normalized spacial score (nSPS) is 20.0. The third-order valence-corrected chi connectivity index (χ3v) is 6.82. The van der Waals surface area contributed by atoms with Crippen LogP contribution in [-0.2, 0) is 17.8 Å². The average Bonchev–Trinajstić information content (AvgIpc) is 2.73. The van der Waals surface area contributed by atoms with E-state index in [0.717, 1.165) is 12.1 Å². The first-order valence-corrected chi connectivity index (χ1v) is 10.6. The maximum atomic E-state index is 13.1. The molecule has 5 rings (SSSR count). The summed E-state index contributed by atoms with van der Waals surface area (Å²) in [5, 5.41) is 10.5. The van der Waals surface area contributed by atoms with E-state index in [1.54, 1.807) is 30.0 Å². The molecule has 3 aromatic rings. The van der Waals surface area contributed by atoms with Gasteiger partial charge < -0.3 is 19.0 Å². The number of carbonyl (C=O) groups is 1. The van der Waals surface area contributed by atoms with Gasteiger partial charge in [-0.25, -0.2) is 4.79 Å². The van der Waals surface area contributed by atoms with Crippen molar-refractivity contribution in [2.45, 2.75) is 32.2 Å². The smallest absolute Gasteiger partial charge is 0.340 e. The quantitative estimate of drug-likeness (QED) is 0.618. The molecule has 0 radical (unpaired) electrons. The van der Waals surface area contributed by atoms with Crippen LogP contribution in [0.1, 0.15) is 29.2 Å². The van der Waals surface area contributed by atoms with E-state index in [1.165, 1.54) is 6.07 Å². The van der Waals surface area contributed by atoms with Gasteiger partial charge in [-0.15, -0.1) is 0 Å². The molecular formula is C23H21ClN2O5. The van der Waals surface area contributed by atoms with Crippen molar-refractivity contribution in [3.63, 3.8) is 0 Å². The van der Waals surface area contributed by atoms with Crippen LogP contribution in [0.5, 0.6) is 5.75 Å². The van der Waals surface area contributed by atoms with Crippen molar-refractivity contribution in [3.8, 4) is 5.75 Å². The number of phenolic OH excluding ortho intramolecular Hbond substituents is 1. The third kappa shape index (κ3) is 3.33. The van der Waals surface area contributed by atoms with Crippen LogP contribution in [0.2, 0.25) is 5.02 Å². The maximum absolute atomic E-state index is 13.1. The Hall–Kier alpha value is -3.06. The van der Waals surface area contributed by atoms with E-state index >= 15 is 0 Å². The number of aryl methyl sites for hydroxylation is 1. The van der Waals surface area contributed by atoms with E-state index in [-0.39, 0.29) is 46.1 Å². The fourth-order valence-corrected chi connectivity index (χ4v) is 5.13. The first kappa shape index (κ1) is 19.9. The fourth-order valence-electron chi connectivity index (χ4n) is 4.97. The van der Waals surface area contributed by atoms with Gasteiger partial charge in [0.1, 0.15) is 11.3 Å². The van der Waals surface area contributed by atoms with Crippen LogP contribution in [0.3, 0.4) is 0 Å². The molecule has 2 atom stereocenters. The highest BCUT2D eigenvalue weighted by molar-refractivity contribution is 6.32. The number of rotatable bonds is 2. The Balaban J connectivity index is 1.44. The van der Waals surface area contributed by atoms with E-state index < -0.39 is 5.63 Å². The van der Waals surface area contributed by atoms with Gasteiger partial charge in [0.15, 0.2) is 0 Å². The molecule has 1 N–H and O–H groups in total. The highest BCUT2D eigenvalue weighted by Crippen LogP contribution is 2.35. The van der Waals surface area contributed by atoms with Crippen LogP contribution in [-0.4, -0.2) is 33.6 Å². The molecule has 1 aromatic carbocycles. The summed E-state index contributed by atoms with van der Waals surface area (Å²) in [4.78, 5) is 39.7. The van der Waals surface area contributed by atoms with Crippen molar-refractivity contribution < 1.29 is 14.3 Å². The van der Waals surface area contributed by atoms with E-state index in [1.807, 2.05) is 10.6 Å². The molecule has 0 aliphatic carbocycles. The SMILES string of the molecule is Cc1c(CC(=O)N2C[C@H]3C[C@H](C2)c2cccc(=O)n2C3)c(=O)oc2cc(O)c(Cl)cc12. The van der Waals surface area contributed by atoms with Gasteiger partial charge in [-0.1, -0.05) is 17.7 Å².